The molecule has 360 valence electrons. The molecule has 4 atom stereocenters. The summed E-state index contributed by atoms with van der Waals surface area (Å²) in [7, 11) is 1.51. The summed E-state index contributed by atoms with van der Waals surface area (Å²) in [6.45, 7) is 5.99. The summed E-state index contributed by atoms with van der Waals surface area (Å²) >= 11 is 0. The molecular weight excluding hydrogens is 861 g/mol. The summed E-state index contributed by atoms with van der Waals surface area (Å²) < 4.78 is 12.3. The summed E-state index contributed by atoms with van der Waals surface area (Å²) in [5.41, 5.74) is 23.5. The number of rotatable bonds is 18. The van der Waals surface area contributed by atoms with Crippen molar-refractivity contribution in [2.75, 3.05) is 39.9 Å². The van der Waals surface area contributed by atoms with E-state index in [9.17, 15) is 29.2 Å². The molecule has 7 N–H and O–H groups in total. The number of hydrogen-bond donors (Lipinski definition) is 4. The number of ketones is 3. The number of Topliss-reactive ketones (excluding diaryl/α,β-unsaturated/α-hetero) is 3. The van der Waals surface area contributed by atoms with E-state index >= 15 is 0 Å². The summed E-state index contributed by atoms with van der Waals surface area (Å²) in [5, 5.41) is 12.1. The normalized spacial score (nSPS) is 18.1. The predicted molar refractivity (Wildman–Crippen MR) is 260 cm³/mol. The van der Waals surface area contributed by atoms with Gasteiger partial charge in [0.05, 0.1) is 29.1 Å². The number of carbonyl (C=O) groups is 5. The molecule has 15 nitrogen and oxygen atoms in total. The van der Waals surface area contributed by atoms with Crippen molar-refractivity contribution in [3.63, 3.8) is 0 Å². The van der Waals surface area contributed by atoms with Gasteiger partial charge in [0.15, 0.2) is 23.2 Å². The molecular formula is C53H66N8O7. The maximum absolute atomic E-state index is 14.9. The van der Waals surface area contributed by atoms with Gasteiger partial charge in [0, 0.05) is 74.3 Å². The molecule has 1 aromatic heterocycles. The van der Waals surface area contributed by atoms with Crippen molar-refractivity contribution in [2.24, 2.45) is 29.0 Å². The van der Waals surface area contributed by atoms with Gasteiger partial charge in [-0.15, -0.1) is 0 Å². The third kappa shape index (κ3) is 12.4. The molecule has 0 saturated heterocycles. The zero-order chi connectivity index (χ0) is 48.9. The van der Waals surface area contributed by atoms with Crippen LogP contribution in [0.4, 0.5) is 0 Å². The van der Waals surface area contributed by atoms with Gasteiger partial charge in [0.1, 0.15) is 30.8 Å². The highest BCUT2D eigenvalue weighted by Crippen LogP contribution is 2.41. The van der Waals surface area contributed by atoms with E-state index in [4.69, 9.17) is 36.6 Å². The lowest BCUT2D eigenvalue weighted by Crippen LogP contribution is -2.46. The minimum Gasteiger partial charge on any atom is -0.492 e. The Morgan fingerprint density at radius 3 is 2.07 bits per heavy atom. The minimum absolute atomic E-state index is 0.0295. The smallest absolute Gasteiger partial charge is 0.226 e. The van der Waals surface area contributed by atoms with Crippen LogP contribution in [-0.2, 0) is 25.6 Å². The number of amides is 2. The molecule has 1 aliphatic heterocycles. The van der Waals surface area contributed by atoms with Crippen molar-refractivity contribution >= 4 is 29.2 Å². The first-order chi connectivity index (χ1) is 32.8. The lowest BCUT2D eigenvalue weighted by atomic mass is 9.84. The second-order valence-electron chi connectivity index (χ2n) is 18.1. The average Bonchev–Trinajstić information content (AvgIpc) is 3.33. The Balaban J connectivity index is 1.36. The van der Waals surface area contributed by atoms with Gasteiger partial charge in [-0.2, -0.15) is 5.26 Å². The molecule has 2 amide bonds. The van der Waals surface area contributed by atoms with Crippen LogP contribution in [0.15, 0.2) is 60.7 Å². The molecule has 2 aliphatic rings. The molecule has 0 radical (unpaired) electrons. The lowest BCUT2D eigenvalue weighted by Gasteiger charge is -2.32. The first-order valence-electron chi connectivity index (χ1n) is 23.9. The van der Waals surface area contributed by atoms with Crippen LogP contribution >= 0.6 is 0 Å². The van der Waals surface area contributed by atoms with Gasteiger partial charge in [-0.25, -0.2) is 9.97 Å². The van der Waals surface area contributed by atoms with Crippen molar-refractivity contribution < 1.29 is 33.4 Å². The Hall–Kier alpha value is -6.34. The standard InChI is InChI=1S/C53H66N8O7/c1-32-27-46(64)50(39-17-19-48(68-26-24-57)42(30-39)41-28-35(12-18-47(41)67-25-23-56)29-43(60-52(32)65)44(62)11-8-21-54)61(4)53(66)40(20-22-55)31-45(63)49-33(2)58-51(59-34(49)3)38-15-13-37(14-16-38)36-9-6-5-7-10-36/h12-19,28,30,32,36,40,43,50H,5-11,20,22-27,29,31,55-57H2,1-4H3,(H,60,65)/t32-,40-,43+,50+/m1/s1. The van der Waals surface area contributed by atoms with Crippen molar-refractivity contribution in [1.29, 1.82) is 5.26 Å². The molecule has 4 bridgehead atoms. The topological polar surface area (TPSA) is 247 Å². The van der Waals surface area contributed by atoms with Gasteiger partial charge < -0.3 is 36.9 Å². The van der Waals surface area contributed by atoms with Crippen LogP contribution < -0.4 is 32.0 Å². The van der Waals surface area contributed by atoms with Crippen LogP contribution in [0.25, 0.3) is 22.5 Å². The van der Waals surface area contributed by atoms with Gasteiger partial charge in [0.2, 0.25) is 11.8 Å². The number of hydrogen-bond acceptors (Lipinski definition) is 13. The molecule has 0 unspecified atom stereocenters. The molecule has 1 saturated carbocycles. The number of ether oxygens (including phenoxy) is 2. The number of nitrogens with zero attached hydrogens (tertiary/aromatic N) is 4. The molecule has 1 aliphatic carbocycles. The molecule has 1 fully saturated rings. The Morgan fingerprint density at radius 2 is 1.46 bits per heavy atom. The van der Waals surface area contributed by atoms with Crippen LogP contribution in [0.5, 0.6) is 11.5 Å². The third-order valence-corrected chi connectivity index (χ3v) is 13.1. The molecule has 15 heteroatoms. The zero-order valence-corrected chi connectivity index (χ0v) is 39.9. The number of nitrogens with one attached hydrogen (secondary N) is 1. The number of aromatic nitrogens is 2. The van der Waals surface area contributed by atoms with Gasteiger partial charge in [0.25, 0.3) is 0 Å². The lowest BCUT2D eigenvalue weighted by molar-refractivity contribution is -0.142. The number of aryl methyl sites for hydroxylation is 2. The number of likely N-dealkylation sites (N-methyl/N-ethyl adjacent to an activating group) is 1. The summed E-state index contributed by atoms with van der Waals surface area (Å²) in [6, 6.07) is 18.7. The molecule has 6 rings (SSSR count). The van der Waals surface area contributed by atoms with Gasteiger partial charge >= 0.3 is 0 Å². The van der Waals surface area contributed by atoms with Crippen LogP contribution in [0.3, 0.4) is 0 Å². The molecule has 68 heavy (non-hydrogen) atoms. The van der Waals surface area contributed by atoms with E-state index in [1.165, 1.54) is 49.6 Å². The van der Waals surface area contributed by atoms with Crippen molar-refractivity contribution in [3.8, 4) is 40.1 Å². The Bertz CT molecular complexity index is 2470. The van der Waals surface area contributed by atoms with E-state index in [0.717, 1.165) is 5.56 Å². The fraction of sp³-hybridized carbons (Fsp3) is 0.472. The van der Waals surface area contributed by atoms with E-state index in [1.54, 1.807) is 51.1 Å². The van der Waals surface area contributed by atoms with Crippen molar-refractivity contribution in [2.45, 2.75) is 109 Å². The molecule has 3 aromatic carbocycles. The van der Waals surface area contributed by atoms with E-state index in [0.29, 0.717) is 62.4 Å². The van der Waals surface area contributed by atoms with Gasteiger partial charge in [-0.1, -0.05) is 62.6 Å². The van der Waals surface area contributed by atoms with Gasteiger partial charge in [-0.3, -0.25) is 24.0 Å². The van der Waals surface area contributed by atoms with Crippen LogP contribution in [0.2, 0.25) is 0 Å². The fourth-order valence-electron chi connectivity index (χ4n) is 9.56. The Labute approximate surface area is 399 Å². The summed E-state index contributed by atoms with van der Waals surface area (Å²) in [6.07, 6.45) is 5.80. The average molecular weight is 927 g/mol. The van der Waals surface area contributed by atoms with E-state index < -0.39 is 41.5 Å². The van der Waals surface area contributed by atoms with Crippen LogP contribution in [0, 0.1) is 37.0 Å². The maximum Gasteiger partial charge on any atom is 0.226 e. The predicted octanol–water partition coefficient (Wildman–Crippen LogP) is 6.40. The largest absolute Gasteiger partial charge is 0.492 e. The number of nitriles is 1. The maximum atomic E-state index is 14.9. The van der Waals surface area contributed by atoms with Crippen molar-refractivity contribution in [3.05, 3.63) is 94.3 Å². The van der Waals surface area contributed by atoms with E-state index in [1.807, 2.05) is 24.3 Å². The number of carbonyl (C=O) groups excluding carboxylic acids is 5. The quantitative estimate of drug-likeness (QED) is 0.0791. The second kappa shape index (κ2) is 24.1. The van der Waals surface area contributed by atoms with E-state index in [2.05, 4.69) is 17.4 Å². The fourth-order valence-corrected chi connectivity index (χ4v) is 9.56. The SMILES string of the molecule is Cc1nc(-c2ccc(C3CCCCC3)cc2)nc(C)c1C(=O)C[C@@H](CCN)C(=O)N(C)[C@@H]1C(=O)C[C@@H](C)C(=O)N[C@H](C(=O)CCC#N)Cc2ccc(OCCN)c(c2)-c2cc1ccc2OCCN. The van der Waals surface area contributed by atoms with Crippen LogP contribution in [-0.4, -0.2) is 90.0 Å². The number of fused-ring (bicyclic) bond motifs is 5. The molecule has 0 spiro atoms. The van der Waals surface area contributed by atoms with E-state index in [-0.39, 0.29) is 82.9 Å². The highest BCUT2D eigenvalue weighted by Gasteiger charge is 2.36. The highest BCUT2D eigenvalue weighted by atomic mass is 16.5. The third-order valence-electron chi connectivity index (χ3n) is 13.1. The number of benzene rings is 3. The van der Waals surface area contributed by atoms with Crippen molar-refractivity contribution in [1.82, 2.24) is 20.2 Å². The molecule has 2 heterocycles. The minimum atomic E-state index is -1.24. The first-order valence-corrected chi connectivity index (χ1v) is 23.9. The Morgan fingerprint density at radius 1 is 0.838 bits per heavy atom. The van der Waals surface area contributed by atoms with Crippen LogP contribution in [0.1, 0.15) is 122 Å². The first kappa shape index (κ1) is 51.1. The molecule has 4 aromatic rings. The number of nitrogens with two attached hydrogens (primary N) is 3. The highest BCUT2D eigenvalue weighted by molar-refractivity contribution is 6.01. The zero-order valence-electron chi connectivity index (χ0n) is 39.9. The summed E-state index contributed by atoms with van der Waals surface area (Å²) in [4.78, 5) is 82.2. The summed E-state index contributed by atoms with van der Waals surface area (Å²) in [5.74, 6) is -2.04. The second-order valence-corrected chi connectivity index (χ2v) is 18.1. The Kier molecular flexibility index (Phi) is 18.1. The van der Waals surface area contributed by atoms with Gasteiger partial charge in [-0.05, 0) is 92.9 Å². The monoisotopic (exact) mass is 927 g/mol.